The Morgan fingerprint density at radius 3 is 3.00 bits per heavy atom. The van der Waals surface area contributed by atoms with Gasteiger partial charge in [-0.1, -0.05) is 12.1 Å². The van der Waals surface area contributed by atoms with Crippen molar-refractivity contribution >= 4 is 17.0 Å². The van der Waals surface area contributed by atoms with E-state index in [-0.39, 0.29) is 0 Å². The summed E-state index contributed by atoms with van der Waals surface area (Å²) >= 11 is 0. The molecule has 2 fully saturated rings. The van der Waals surface area contributed by atoms with Crippen LogP contribution in [0.3, 0.4) is 0 Å². The van der Waals surface area contributed by atoms with Crippen LogP contribution in [0.15, 0.2) is 24.3 Å². The van der Waals surface area contributed by atoms with Crippen molar-refractivity contribution in [1.82, 2.24) is 9.97 Å². The molecule has 4 rings (SSSR count). The third kappa shape index (κ3) is 1.52. The molecule has 4 nitrogen and oxygen atoms in total. The van der Waals surface area contributed by atoms with Gasteiger partial charge in [0.2, 0.25) is 5.95 Å². The number of benzene rings is 1. The van der Waals surface area contributed by atoms with Crippen LogP contribution in [0.1, 0.15) is 19.3 Å². The zero-order valence-corrected chi connectivity index (χ0v) is 9.52. The zero-order chi connectivity index (χ0) is 11.2. The summed E-state index contributed by atoms with van der Waals surface area (Å²) in [5.74, 6) is 0.868. The molecule has 4 heteroatoms. The number of hydrogen-bond acceptors (Lipinski definition) is 3. The number of aromatic nitrogens is 2. The minimum absolute atomic E-state index is 0.383. The van der Waals surface area contributed by atoms with Gasteiger partial charge < -0.3 is 15.0 Å². The number of ether oxygens (including phenoxy) is 1. The predicted molar refractivity (Wildman–Crippen MR) is 66.0 cm³/mol. The standard InChI is InChI=1S/C13H15N3O/c1-2-4-10-9(3-1)14-13(15-10)16-11-7-8-5-6-12(11)17-8/h1-4,8,11-12H,5-7H2,(H2,14,15,16)/t8-,11-,12+/m1/s1. The number of aromatic amines is 1. The first-order valence-corrected chi connectivity index (χ1v) is 6.25. The summed E-state index contributed by atoms with van der Waals surface area (Å²) in [7, 11) is 0. The molecule has 2 saturated heterocycles. The topological polar surface area (TPSA) is 49.9 Å². The monoisotopic (exact) mass is 229 g/mol. The smallest absolute Gasteiger partial charge is 0.201 e. The van der Waals surface area contributed by atoms with Gasteiger partial charge in [-0.25, -0.2) is 4.98 Å². The van der Waals surface area contributed by atoms with Gasteiger partial charge in [0, 0.05) is 0 Å². The lowest BCUT2D eigenvalue weighted by Gasteiger charge is -2.19. The summed E-state index contributed by atoms with van der Waals surface area (Å²) in [4.78, 5) is 7.84. The van der Waals surface area contributed by atoms with Crippen LogP contribution in [-0.4, -0.2) is 28.2 Å². The minimum atomic E-state index is 0.383. The van der Waals surface area contributed by atoms with Gasteiger partial charge in [-0.2, -0.15) is 0 Å². The zero-order valence-electron chi connectivity index (χ0n) is 9.52. The molecular formula is C13H15N3O. The van der Waals surface area contributed by atoms with Crippen molar-refractivity contribution in [3.8, 4) is 0 Å². The van der Waals surface area contributed by atoms with E-state index in [0.717, 1.165) is 23.4 Å². The number of nitrogens with zero attached hydrogens (tertiary/aromatic N) is 1. The Bertz CT molecular complexity index is 517. The fourth-order valence-corrected chi connectivity index (χ4v) is 2.99. The van der Waals surface area contributed by atoms with Crippen molar-refractivity contribution in [3.63, 3.8) is 0 Å². The van der Waals surface area contributed by atoms with Crippen molar-refractivity contribution in [2.75, 3.05) is 5.32 Å². The second kappa shape index (κ2) is 3.47. The SMILES string of the molecule is c1ccc2[nH]c(N[C@@H]3C[C@H]4CC[C@@H]3O4)nc2c1. The minimum Gasteiger partial charge on any atom is -0.373 e. The largest absolute Gasteiger partial charge is 0.373 e. The van der Waals surface area contributed by atoms with E-state index in [0.29, 0.717) is 18.2 Å². The first-order valence-electron chi connectivity index (χ1n) is 6.25. The molecule has 1 aromatic heterocycles. The van der Waals surface area contributed by atoms with Crippen LogP contribution in [-0.2, 0) is 4.74 Å². The van der Waals surface area contributed by atoms with E-state index in [1.54, 1.807) is 0 Å². The Hall–Kier alpha value is -1.55. The second-order valence-corrected chi connectivity index (χ2v) is 4.96. The molecule has 0 amide bonds. The van der Waals surface area contributed by atoms with Crippen LogP contribution in [0.5, 0.6) is 0 Å². The summed E-state index contributed by atoms with van der Waals surface area (Å²) in [5.41, 5.74) is 2.10. The lowest BCUT2D eigenvalue weighted by Crippen LogP contribution is -2.30. The number of H-pyrrole nitrogens is 1. The lowest BCUT2D eigenvalue weighted by molar-refractivity contribution is 0.102. The summed E-state index contributed by atoms with van der Waals surface area (Å²) in [5, 5.41) is 3.47. The number of para-hydroxylation sites is 2. The first kappa shape index (κ1) is 9.48. The number of nitrogens with one attached hydrogen (secondary N) is 2. The maximum Gasteiger partial charge on any atom is 0.201 e. The highest BCUT2D eigenvalue weighted by Crippen LogP contribution is 2.35. The highest BCUT2D eigenvalue weighted by atomic mass is 16.5. The van der Waals surface area contributed by atoms with Crippen LogP contribution in [0.25, 0.3) is 11.0 Å². The molecule has 3 heterocycles. The average molecular weight is 229 g/mol. The van der Waals surface area contributed by atoms with Gasteiger partial charge in [0.15, 0.2) is 0 Å². The molecular weight excluding hydrogens is 214 g/mol. The van der Waals surface area contributed by atoms with Crippen LogP contribution < -0.4 is 5.32 Å². The van der Waals surface area contributed by atoms with E-state index in [1.165, 1.54) is 12.8 Å². The summed E-state index contributed by atoms with van der Waals surface area (Å²) in [6.45, 7) is 0. The Balaban J connectivity index is 1.59. The second-order valence-electron chi connectivity index (χ2n) is 4.96. The molecule has 0 unspecified atom stereocenters. The quantitative estimate of drug-likeness (QED) is 0.830. The molecule has 2 aromatic rings. The third-order valence-corrected chi connectivity index (χ3v) is 3.82. The summed E-state index contributed by atoms with van der Waals surface area (Å²) in [6.07, 6.45) is 4.38. The van der Waals surface area contributed by atoms with Gasteiger partial charge in [-0.05, 0) is 31.4 Å². The fraction of sp³-hybridized carbons (Fsp3) is 0.462. The Morgan fingerprint density at radius 2 is 2.24 bits per heavy atom. The molecule has 0 radical (unpaired) electrons. The maximum atomic E-state index is 5.83. The Labute approximate surface area is 99.4 Å². The number of imidazole rings is 1. The molecule has 17 heavy (non-hydrogen) atoms. The van der Waals surface area contributed by atoms with E-state index in [9.17, 15) is 0 Å². The molecule has 3 atom stereocenters. The molecule has 0 saturated carbocycles. The van der Waals surface area contributed by atoms with Crippen LogP contribution >= 0.6 is 0 Å². The molecule has 2 bridgehead atoms. The summed E-state index contributed by atoms with van der Waals surface area (Å²) < 4.78 is 5.83. The van der Waals surface area contributed by atoms with E-state index in [4.69, 9.17) is 4.74 Å². The van der Waals surface area contributed by atoms with E-state index in [2.05, 4.69) is 15.3 Å². The van der Waals surface area contributed by atoms with Gasteiger partial charge in [0.1, 0.15) is 0 Å². The van der Waals surface area contributed by atoms with Crippen LogP contribution in [0, 0.1) is 0 Å². The predicted octanol–water partition coefficient (Wildman–Crippen LogP) is 2.29. The van der Waals surface area contributed by atoms with Crippen LogP contribution in [0.2, 0.25) is 0 Å². The van der Waals surface area contributed by atoms with E-state index >= 15 is 0 Å². The van der Waals surface area contributed by atoms with Crippen LogP contribution in [0.4, 0.5) is 5.95 Å². The average Bonchev–Trinajstić information content (AvgIpc) is 3.01. The molecule has 2 aliphatic heterocycles. The molecule has 2 aliphatic rings. The number of rotatable bonds is 2. The fourth-order valence-electron chi connectivity index (χ4n) is 2.99. The Morgan fingerprint density at radius 1 is 1.29 bits per heavy atom. The Kier molecular flexibility index (Phi) is 1.93. The molecule has 0 spiro atoms. The molecule has 1 aromatic carbocycles. The van der Waals surface area contributed by atoms with Gasteiger partial charge in [0.25, 0.3) is 0 Å². The normalized spacial score (nSPS) is 31.2. The van der Waals surface area contributed by atoms with Crippen molar-refractivity contribution in [1.29, 1.82) is 0 Å². The maximum absolute atomic E-state index is 5.83. The highest BCUT2D eigenvalue weighted by Gasteiger charge is 2.40. The van der Waals surface area contributed by atoms with Crippen molar-refractivity contribution in [2.24, 2.45) is 0 Å². The van der Waals surface area contributed by atoms with Crippen molar-refractivity contribution < 1.29 is 4.74 Å². The number of fused-ring (bicyclic) bond motifs is 3. The van der Waals surface area contributed by atoms with Gasteiger partial charge >= 0.3 is 0 Å². The van der Waals surface area contributed by atoms with E-state index in [1.807, 2.05) is 24.3 Å². The van der Waals surface area contributed by atoms with E-state index < -0.39 is 0 Å². The van der Waals surface area contributed by atoms with Crippen molar-refractivity contribution in [3.05, 3.63) is 24.3 Å². The molecule has 0 aliphatic carbocycles. The van der Waals surface area contributed by atoms with Gasteiger partial charge in [-0.3, -0.25) is 0 Å². The number of hydrogen-bond donors (Lipinski definition) is 2. The lowest BCUT2D eigenvalue weighted by atomic mass is 9.96. The third-order valence-electron chi connectivity index (χ3n) is 3.82. The van der Waals surface area contributed by atoms with Gasteiger partial charge in [0.05, 0.1) is 29.3 Å². The summed E-state index contributed by atoms with van der Waals surface area (Å²) in [6, 6.07) is 8.52. The number of anilines is 1. The molecule has 88 valence electrons. The van der Waals surface area contributed by atoms with Crippen molar-refractivity contribution in [2.45, 2.75) is 37.5 Å². The van der Waals surface area contributed by atoms with Gasteiger partial charge in [-0.15, -0.1) is 0 Å². The highest BCUT2D eigenvalue weighted by molar-refractivity contribution is 5.77. The molecule has 2 N–H and O–H groups in total. The first-order chi connectivity index (χ1) is 8.38.